The molecular formula is C9H22N2O. The first kappa shape index (κ1) is 11.9. The number of hydrogen-bond donors (Lipinski definition) is 1. The van der Waals surface area contributed by atoms with Gasteiger partial charge >= 0.3 is 0 Å². The molecular weight excluding hydrogens is 152 g/mol. The molecule has 0 bridgehead atoms. The Morgan fingerprint density at radius 3 is 2.42 bits per heavy atom. The van der Waals surface area contributed by atoms with Gasteiger partial charge in [-0.25, -0.2) is 0 Å². The first-order valence-corrected chi connectivity index (χ1v) is 4.64. The van der Waals surface area contributed by atoms with Gasteiger partial charge in [0.1, 0.15) is 0 Å². The van der Waals surface area contributed by atoms with Gasteiger partial charge in [-0.05, 0) is 33.5 Å². The van der Waals surface area contributed by atoms with Crippen LogP contribution in [0, 0.1) is 0 Å². The average molecular weight is 174 g/mol. The SMILES string of the molecule is CCCC(CCN(C)C)NOC. The van der Waals surface area contributed by atoms with Crippen LogP contribution in [0.5, 0.6) is 0 Å². The smallest absolute Gasteiger partial charge is 0.0572 e. The van der Waals surface area contributed by atoms with Crippen molar-refractivity contribution < 1.29 is 4.84 Å². The van der Waals surface area contributed by atoms with E-state index >= 15 is 0 Å². The van der Waals surface area contributed by atoms with E-state index in [-0.39, 0.29) is 0 Å². The molecule has 0 saturated carbocycles. The van der Waals surface area contributed by atoms with Crippen molar-refractivity contribution in [3.05, 3.63) is 0 Å². The molecule has 0 aromatic rings. The Balaban J connectivity index is 3.48. The minimum atomic E-state index is 0.502. The number of hydroxylamine groups is 1. The molecule has 3 nitrogen and oxygen atoms in total. The summed E-state index contributed by atoms with van der Waals surface area (Å²) in [7, 11) is 5.87. The molecule has 1 N–H and O–H groups in total. The predicted octanol–water partition coefficient (Wildman–Crippen LogP) is 1.26. The van der Waals surface area contributed by atoms with Crippen LogP contribution in [0.25, 0.3) is 0 Å². The minimum Gasteiger partial charge on any atom is -0.309 e. The molecule has 12 heavy (non-hydrogen) atoms. The van der Waals surface area contributed by atoms with E-state index in [2.05, 4.69) is 31.4 Å². The summed E-state index contributed by atoms with van der Waals surface area (Å²) in [5.41, 5.74) is 3.01. The summed E-state index contributed by atoms with van der Waals surface area (Å²) >= 11 is 0. The Kier molecular flexibility index (Phi) is 7.45. The van der Waals surface area contributed by atoms with Crippen LogP contribution >= 0.6 is 0 Å². The summed E-state index contributed by atoms with van der Waals surface area (Å²) in [6, 6.07) is 0.502. The average Bonchev–Trinajstić information content (AvgIpc) is 2.01. The summed E-state index contributed by atoms with van der Waals surface area (Å²) in [5, 5.41) is 0. The van der Waals surface area contributed by atoms with Gasteiger partial charge in [-0.15, -0.1) is 0 Å². The van der Waals surface area contributed by atoms with Gasteiger partial charge in [-0.2, -0.15) is 5.48 Å². The second-order valence-corrected chi connectivity index (χ2v) is 3.40. The van der Waals surface area contributed by atoms with Gasteiger partial charge in [-0.1, -0.05) is 13.3 Å². The molecule has 0 spiro atoms. The summed E-state index contributed by atoms with van der Waals surface area (Å²) in [6.45, 7) is 3.31. The molecule has 1 unspecified atom stereocenters. The summed E-state index contributed by atoms with van der Waals surface area (Å²) in [4.78, 5) is 7.11. The lowest BCUT2D eigenvalue weighted by Crippen LogP contribution is -2.31. The number of nitrogens with zero attached hydrogens (tertiary/aromatic N) is 1. The van der Waals surface area contributed by atoms with E-state index in [1.165, 1.54) is 12.8 Å². The van der Waals surface area contributed by atoms with E-state index in [0.29, 0.717) is 6.04 Å². The summed E-state index contributed by atoms with van der Waals surface area (Å²) in [5.74, 6) is 0. The topological polar surface area (TPSA) is 24.5 Å². The lowest BCUT2D eigenvalue weighted by molar-refractivity contribution is 0.0529. The summed E-state index contributed by atoms with van der Waals surface area (Å²) < 4.78 is 0. The lowest BCUT2D eigenvalue weighted by Gasteiger charge is -2.18. The van der Waals surface area contributed by atoms with Crippen molar-refractivity contribution in [3.8, 4) is 0 Å². The third kappa shape index (κ3) is 6.58. The molecule has 3 heteroatoms. The van der Waals surface area contributed by atoms with Crippen molar-refractivity contribution in [1.29, 1.82) is 0 Å². The lowest BCUT2D eigenvalue weighted by atomic mass is 10.1. The van der Waals surface area contributed by atoms with E-state index in [4.69, 9.17) is 4.84 Å². The minimum absolute atomic E-state index is 0.502. The molecule has 74 valence electrons. The van der Waals surface area contributed by atoms with Crippen LogP contribution in [-0.4, -0.2) is 38.7 Å². The Labute approximate surface area is 76.0 Å². The van der Waals surface area contributed by atoms with Crippen LogP contribution in [0.3, 0.4) is 0 Å². The molecule has 0 fully saturated rings. The van der Waals surface area contributed by atoms with Gasteiger partial charge in [0, 0.05) is 6.04 Å². The van der Waals surface area contributed by atoms with Gasteiger partial charge in [0.2, 0.25) is 0 Å². The Hall–Kier alpha value is -0.120. The van der Waals surface area contributed by atoms with Crippen molar-refractivity contribution in [1.82, 2.24) is 10.4 Å². The fraction of sp³-hybridized carbons (Fsp3) is 1.00. The molecule has 0 radical (unpaired) electrons. The zero-order chi connectivity index (χ0) is 9.40. The van der Waals surface area contributed by atoms with Crippen LogP contribution in [0.1, 0.15) is 26.2 Å². The molecule has 0 amide bonds. The highest BCUT2D eigenvalue weighted by Gasteiger charge is 2.06. The quantitative estimate of drug-likeness (QED) is 0.588. The van der Waals surface area contributed by atoms with E-state index in [0.717, 1.165) is 13.0 Å². The first-order valence-electron chi connectivity index (χ1n) is 4.64. The fourth-order valence-electron chi connectivity index (χ4n) is 1.19. The fourth-order valence-corrected chi connectivity index (χ4v) is 1.19. The molecule has 0 rings (SSSR count). The van der Waals surface area contributed by atoms with E-state index in [9.17, 15) is 0 Å². The molecule has 0 heterocycles. The third-order valence-corrected chi connectivity index (χ3v) is 1.85. The zero-order valence-electron chi connectivity index (χ0n) is 8.76. The van der Waals surface area contributed by atoms with Gasteiger partial charge in [0.25, 0.3) is 0 Å². The first-order chi connectivity index (χ1) is 5.70. The van der Waals surface area contributed by atoms with Crippen molar-refractivity contribution >= 4 is 0 Å². The largest absolute Gasteiger partial charge is 0.309 e. The standard InChI is InChI=1S/C9H22N2O/c1-5-6-9(10-12-4)7-8-11(2)3/h9-10H,5-8H2,1-4H3. The van der Waals surface area contributed by atoms with Crippen molar-refractivity contribution in [2.24, 2.45) is 0 Å². The zero-order valence-corrected chi connectivity index (χ0v) is 8.76. The van der Waals surface area contributed by atoms with Crippen LogP contribution in [0.4, 0.5) is 0 Å². The van der Waals surface area contributed by atoms with Crippen molar-refractivity contribution in [3.63, 3.8) is 0 Å². The third-order valence-electron chi connectivity index (χ3n) is 1.85. The molecule has 0 aromatic heterocycles. The maximum atomic E-state index is 4.92. The second-order valence-electron chi connectivity index (χ2n) is 3.40. The molecule has 0 aliphatic heterocycles. The van der Waals surface area contributed by atoms with Crippen LogP contribution in [0.2, 0.25) is 0 Å². The Morgan fingerprint density at radius 2 is 2.00 bits per heavy atom. The van der Waals surface area contributed by atoms with Gasteiger partial charge in [0.15, 0.2) is 0 Å². The highest BCUT2D eigenvalue weighted by Crippen LogP contribution is 2.01. The number of nitrogens with one attached hydrogen (secondary N) is 1. The van der Waals surface area contributed by atoms with Crippen LogP contribution in [-0.2, 0) is 4.84 Å². The Bertz CT molecular complexity index is 90.5. The van der Waals surface area contributed by atoms with Gasteiger partial charge in [0.05, 0.1) is 7.11 Å². The van der Waals surface area contributed by atoms with Crippen LogP contribution < -0.4 is 5.48 Å². The highest BCUT2D eigenvalue weighted by molar-refractivity contribution is 4.62. The molecule has 0 aliphatic carbocycles. The van der Waals surface area contributed by atoms with Gasteiger partial charge in [-0.3, -0.25) is 0 Å². The van der Waals surface area contributed by atoms with E-state index in [1.54, 1.807) is 7.11 Å². The maximum absolute atomic E-state index is 4.92. The highest BCUT2D eigenvalue weighted by atomic mass is 16.6. The molecule has 1 atom stereocenters. The summed E-state index contributed by atoms with van der Waals surface area (Å²) in [6.07, 6.45) is 3.53. The molecule has 0 aromatic carbocycles. The van der Waals surface area contributed by atoms with Crippen molar-refractivity contribution in [2.75, 3.05) is 27.7 Å². The monoisotopic (exact) mass is 174 g/mol. The predicted molar refractivity (Wildman–Crippen MR) is 52.0 cm³/mol. The van der Waals surface area contributed by atoms with E-state index < -0.39 is 0 Å². The number of rotatable bonds is 7. The van der Waals surface area contributed by atoms with Crippen LogP contribution in [0.15, 0.2) is 0 Å². The maximum Gasteiger partial charge on any atom is 0.0572 e. The molecule has 0 aliphatic rings. The number of hydrogen-bond acceptors (Lipinski definition) is 3. The normalized spacial score (nSPS) is 13.8. The second kappa shape index (κ2) is 7.53. The van der Waals surface area contributed by atoms with Crippen molar-refractivity contribution in [2.45, 2.75) is 32.2 Å². The molecule has 0 saturated heterocycles. The van der Waals surface area contributed by atoms with Gasteiger partial charge < -0.3 is 9.74 Å². The Morgan fingerprint density at radius 1 is 1.33 bits per heavy atom. The van der Waals surface area contributed by atoms with E-state index in [1.807, 2.05) is 0 Å².